The first-order chi connectivity index (χ1) is 10.0. The highest BCUT2D eigenvalue weighted by atomic mass is 16.6. The standard InChI is InChI=1S/C14H13NO6/c1-20-12(17)8-21-11(16)6-7-15-13(18)9-4-2-3-5-10(9)14(15)19/h2-5H,6-8H2,1H3. The molecule has 21 heavy (non-hydrogen) atoms. The van der Waals surface area contributed by atoms with E-state index in [1.54, 1.807) is 24.3 Å². The fourth-order valence-electron chi connectivity index (χ4n) is 1.92. The number of hydrogen-bond donors (Lipinski definition) is 0. The summed E-state index contributed by atoms with van der Waals surface area (Å²) >= 11 is 0. The van der Waals surface area contributed by atoms with Crippen molar-refractivity contribution in [2.24, 2.45) is 0 Å². The SMILES string of the molecule is COC(=O)COC(=O)CCN1C(=O)c2ccccc2C1=O. The smallest absolute Gasteiger partial charge is 0.344 e. The van der Waals surface area contributed by atoms with Crippen LogP contribution in [-0.2, 0) is 19.1 Å². The van der Waals surface area contributed by atoms with Crippen LogP contribution in [0.4, 0.5) is 0 Å². The van der Waals surface area contributed by atoms with Gasteiger partial charge in [0.2, 0.25) is 0 Å². The summed E-state index contributed by atoms with van der Waals surface area (Å²) in [5, 5.41) is 0. The summed E-state index contributed by atoms with van der Waals surface area (Å²) in [5.41, 5.74) is 0.649. The molecule has 7 nitrogen and oxygen atoms in total. The van der Waals surface area contributed by atoms with E-state index in [2.05, 4.69) is 9.47 Å². The Bertz CT molecular complexity index is 574. The molecule has 0 fully saturated rings. The number of hydrogen-bond acceptors (Lipinski definition) is 6. The second-order valence-corrected chi connectivity index (χ2v) is 4.29. The van der Waals surface area contributed by atoms with Gasteiger partial charge in [0.1, 0.15) is 0 Å². The summed E-state index contributed by atoms with van der Waals surface area (Å²) in [5.74, 6) is -2.23. The lowest BCUT2D eigenvalue weighted by molar-refractivity contribution is -0.157. The third kappa shape index (κ3) is 3.07. The maximum absolute atomic E-state index is 12.0. The number of carbonyl (C=O) groups excluding carboxylic acids is 4. The van der Waals surface area contributed by atoms with Crippen LogP contribution in [0.5, 0.6) is 0 Å². The summed E-state index contributed by atoms with van der Waals surface area (Å²) in [6.45, 7) is -0.580. The maximum atomic E-state index is 12.0. The van der Waals surface area contributed by atoms with Crippen molar-refractivity contribution in [3.05, 3.63) is 35.4 Å². The summed E-state index contributed by atoms with van der Waals surface area (Å²) in [4.78, 5) is 47.3. The molecule has 1 aliphatic heterocycles. The number of rotatable bonds is 5. The Morgan fingerprint density at radius 1 is 1.05 bits per heavy atom. The Hall–Kier alpha value is -2.70. The van der Waals surface area contributed by atoms with E-state index in [9.17, 15) is 19.2 Å². The molecular weight excluding hydrogens is 278 g/mol. The van der Waals surface area contributed by atoms with E-state index in [0.717, 1.165) is 4.90 Å². The maximum Gasteiger partial charge on any atom is 0.344 e. The summed E-state index contributed by atoms with van der Waals surface area (Å²) in [6.07, 6.45) is -0.178. The highest BCUT2D eigenvalue weighted by Gasteiger charge is 2.35. The molecule has 0 unspecified atom stereocenters. The fourth-order valence-corrected chi connectivity index (χ4v) is 1.92. The van der Waals surface area contributed by atoms with E-state index < -0.39 is 30.4 Å². The topological polar surface area (TPSA) is 90.0 Å². The minimum atomic E-state index is -0.683. The Labute approximate surface area is 120 Å². The Morgan fingerprint density at radius 3 is 2.14 bits per heavy atom. The third-order valence-corrected chi connectivity index (χ3v) is 3.00. The molecule has 2 amide bonds. The predicted octanol–water partition coefficient (Wildman–Crippen LogP) is 0.389. The van der Waals surface area contributed by atoms with Gasteiger partial charge in [0, 0.05) is 6.54 Å². The Balaban J connectivity index is 1.91. The number of ether oxygens (including phenoxy) is 2. The molecule has 0 saturated heterocycles. The van der Waals surface area contributed by atoms with E-state index in [1.165, 1.54) is 7.11 Å². The van der Waals surface area contributed by atoms with Gasteiger partial charge in [0.05, 0.1) is 24.7 Å². The van der Waals surface area contributed by atoms with Gasteiger partial charge in [-0.2, -0.15) is 0 Å². The highest BCUT2D eigenvalue weighted by molar-refractivity contribution is 6.21. The molecule has 0 bridgehead atoms. The van der Waals surface area contributed by atoms with E-state index in [-0.39, 0.29) is 13.0 Å². The monoisotopic (exact) mass is 291 g/mol. The number of imide groups is 1. The van der Waals surface area contributed by atoms with Crippen LogP contribution in [0.2, 0.25) is 0 Å². The number of amides is 2. The quantitative estimate of drug-likeness (QED) is 0.576. The molecule has 0 spiro atoms. The zero-order valence-electron chi connectivity index (χ0n) is 11.3. The van der Waals surface area contributed by atoms with Crippen molar-refractivity contribution in [3.63, 3.8) is 0 Å². The van der Waals surface area contributed by atoms with Crippen LogP contribution >= 0.6 is 0 Å². The van der Waals surface area contributed by atoms with Crippen LogP contribution in [0.3, 0.4) is 0 Å². The first-order valence-corrected chi connectivity index (χ1v) is 6.22. The lowest BCUT2D eigenvalue weighted by Gasteiger charge is -2.12. The van der Waals surface area contributed by atoms with Crippen LogP contribution in [0.25, 0.3) is 0 Å². The van der Waals surface area contributed by atoms with Crippen molar-refractivity contribution in [1.29, 1.82) is 0 Å². The van der Waals surface area contributed by atoms with Gasteiger partial charge in [-0.1, -0.05) is 12.1 Å². The van der Waals surface area contributed by atoms with Crippen molar-refractivity contribution >= 4 is 23.8 Å². The molecule has 0 radical (unpaired) electrons. The Morgan fingerprint density at radius 2 is 1.62 bits per heavy atom. The third-order valence-electron chi connectivity index (χ3n) is 3.00. The molecule has 1 aromatic rings. The Kier molecular flexibility index (Phi) is 4.32. The van der Waals surface area contributed by atoms with Crippen molar-refractivity contribution in [1.82, 2.24) is 4.90 Å². The second kappa shape index (κ2) is 6.17. The largest absolute Gasteiger partial charge is 0.466 e. The molecule has 1 heterocycles. The molecule has 1 aromatic carbocycles. The van der Waals surface area contributed by atoms with E-state index in [0.29, 0.717) is 11.1 Å². The number of methoxy groups -OCH3 is 1. The molecule has 0 saturated carbocycles. The minimum absolute atomic E-state index is 0.0909. The fraction of sp³-hybridized carbons (Fsp3) is 0.286. The molecule has 0 aromatic heterocycles. The average molecular weight is 291 g/mol. The zero-order chi connectivity index (χ0) is 15.4. The van der Waals surface area contributed by atoms with Gasteiger partial charge in [-0.05, 0) is 12.1 Å². The van der Waals surface area contributed by atoms with E-state index >= 15 is 0 Å². The van der Waals surface area contributed by atoms with Gasteiger partial charge < -0.3 is 9.47 Å². The van der Waals surface area contributed by atoms with Crippen LogP contribution in [0.1, 0.15) is 27.1 Å². The molecule has 0 aliphatic carbocycles. The molecular formula is C14H13NO6. The number of carbonyl (C=O) groups is 4. The lowest BCUT2D eigenvalue weighted by Crippen LogP contribution is -2.32. The average Bonchev–Trinajstić information content (AvgIpc) is 2.75. The first-order valence-electron chi connectivity index (χ1n) is 6.22. The molecule has 1 aliphatic rings. The van der Waals surface area contributed by atoms with Crippen LogP contribution in [-0.4, -0.2) is 48.9 Å². The normalized spacial score (nSPS) is 13.1. The van der Waals surface area contributed by atoms with Gasteiger partial charge >= 0.3 is 11.9 Å². The first kappa shape index (κ1) is 14.7. The predicted molar refractivity (Wildman–Crippen MR) is 69.4 cm³/mol. The number of fused-ring (bicyclic) bond motifs is 1. The van der Waals surface area contributed by atoms with Gasteiger partial charge in [-0.15, -0.1) is 0 Å². The minimum Gasteiger partial charge on any atom is -0.466 e. The number of esters is 2. The second-order valence-electron chi connectivity index (χ2n) is 4.29. The van der Waals surface area contributed by atoms with Crippen molar-refractivity contribution < 1.29 is 28.7 Å². The molecule has 0 N–H and O–H groups in total. The van der Waals surface area contributed by atoms with Gasteiger partial charge in [-0.3, -0.25) is 19.3 Å². The van der Waals surface area contributed by atoms with Crippen molar-refractivity contribution in [2.75, 3.05) is 20.3 Å². The van der Waals surface area contributed by atoms with Crippen LogP contribution in [0, 0.1) is 0 Å². The highest BCUT2D eigenvalue weighted by Crippen LogP contribution is 2.22. The summed E-state index contributed by atoms with van der Waals surface area (Å²) in [7, 11) is 1.18. The van der Waals surface area contributed by atoms with Gasteiger partial charge in [0.15, 0.2) is 6.61 Å². The summed E-state index contributed by atoms with van der Waals surface area (Å²) < 4.78 is 8.96. The van der Waals surface area contributed by atoms with Gasteiger partial charge in [-0.25, -0.2) is 4.79 Å². The molecule has 7 heteroatoms. The van der Waals surface area contributed by atoms with Crippen LogP contribution < -0.4 is 0 Å². The number of nitrogens with zero attached hydrogens (tertiary/aromatic N) is 1. The lowest BCUT2D eigenvalue weighted by atomic mass is 10.1. The van der Waals surface area contributed by atoms with E-state index in [4.69, 9.17) is 0 Å². The molecule has 0 atom stereocenters. The van der Waals surface area contributed by atoms with Crippen molar-refractivity contribution in [2.45, 2.75) is 6.42 Å². The van der Waals surface area contributed by atoms with E-state index in [1.807, 2.05) is 0 Å². The van der Waals surface area contributed by atoms with Gasteiger partial charge in [0.25, 0.3) is 11.8 Å². The summed E-state index contributed by atoms with van der Waals surface area (Å²) in [6, 6.07) is 6.45. The molecule has 110 valence electrons. The van der Waals surface area contributed by atoms with Crippen molar-refractivity contribution in [3.8, 4) is 0 Å². The zero-order valence-corrected chi connectivity index (χ0v) is 11.3. The number of benzene rings is 1. The molecule has 2 rings (SSSR count). The van der Waals surface area contributed by atoms with Crippen LogP contribution in [0.15, 0.2) is 24.3 Å².